The van der Waals surface area contributed by atoms with Gasteiger partial charge in [-0.2, -0.15) is 0 Å². The minimum atomic E-state index is -0.177. The lowest BCUT2D eigenvalue weighted by Crippen LogP contribution is -2.44. The van der Waals surface area contributed by atoms with Crippen LogP contribution in [0.25, 0.3) is 0 Å². The Morgan fingerprint density at radius 2 is 1.75 bits per heavy atom. The standard InChI is InChI=1S/C22H28N2O4/c1-14-10-15-8-6-7-9-17(15)18(24(14)2)13-23-22(25)16-11-19(26-3)21(28-5)20(12-16)27-4/h6-9,11-12,14,18H,10,13H2,1-5H3,(H,23,25). The van der Waals surface area contributed by atoms with E-state index in [1.807, 2.05) is 0 Å². The lowest BCUT2D eigenvalue weighted by Gasteiger charge is -2.39. The maximum Gasteiger partial charge on any atom is 0.251 e. The van der Waals surface area contributed by atoms with Crippen LogP contribution in [0.3, 0.4) is 0 Å². The Hall–Kier alpha value is -2.73. The first-order valence-electron chi connectivity index (χ1n) is 9.38. The maximum absolute atomic E-state index is 12.8. The maximum atomic E-state index is 12.8. The molecule has 0 saturated carbocycles. The van der Waals surface area contributed by atoms with Gasteiger partial charge >= 0.3 is 0 Å². The summed E-state index contributed by atoms with van der Waals surface area (Å²) in [5.41, 5.74) is 3.09. The fourth-order valence-corrected chi connectivity index (χ4v) is 3.79. The summed E-state index contributed by atoms with van der Waals surface area (Å²) in [6.45, 7) is 2.73. The summed E-state index contributed by atoms with van der Waals surface area (Å²) < 4.78 is 16.0. The predicted octanol–water partition coefficient (Wildman–Crippen LogP) is 3.06. The van der Waals surface area contributed by atoms with Gasteiger partial charge in [-0.15, -0.1) is 0 Å². The molecule has 28 heavy (non-hydrogen) atoms. The van der Waals surface area contributed by atoms with Crippen LogP contribution in [0, 0.1) is 0 Å². The van der Waals surface area contributed by atoms with Crippen molar-refractivity contribution in [1.29, 1.82) is 0 Å². The van der Waals surface area contributed by atoms with Gasteiger partial charge in [0, 0.05) is 18.2 Å². The summed E-state index contributed by atoms with van der Waals surface area (Å²) in [5.74, 6) is 1.21. The number of hydrogen-bond acceptors (Lipinski definition) is 5. The van der Waals surface area contributed by atoms with E-state index in [0.717, 1.165) is 6.42 Å². The highest BCUT2D eigenvalue weighted by molar-refractivity contribution is 5.95. The molecule has 1 aliphatic rings. The fraction of sp³-hybridized carbons (Fsp3) is 0.409. The number of carbonyl (C=O) groups excluding carboxylic acids is 1. The Morgan fingerprint density at radius 3 is 2.36 bits per heavy atom. The summed E-state index contributed by atoms with van der Waals surface area (Å²) in [6, 6.07) is 12.3. The van der Waals surface area contributed by atoms with Gasteiger partial charge in [-0.25, -0.2) is 0 Å². The van der Waals surface area contributed by atoms with Crippen molar-refractivity contribution >= 4 is 5.91 Å². The van der Waals surface area contributed by atoms with E-state index in [9.17, 15) is 4.79 Å². The van der Waals surface area contributed by atoms with Crippen molar-refractivity contribution in [1.82, 2.24) is 10.2 Å². The summed E-state index contributed by atoms with van der Waals surface area (Å²) in [4.78, 5) is 15.2. The molecular formula is C22H28N2O4. The molecule has 6 heteroatoms. The van der Waals surface area contributed by atoms with E-state index in [0.29, 0.717) is 35.4 Å². The van der Waals surface area contributed by atoms with Gasteiger partial charge in [0.05, 0.1) is 27.4 Å². The van der Waals surface area contributed by atoms with Gasteiger partial charge in [-0.05, 0) is 43.7 Å². The Kier molecular flexibility index (Phi) is 6.09. The molecule has 0 radical (unpaired) electrons. The first-order valence-corrected chi connectivity index (χ1v) is 9.38. The monoisotopic (exact) mass is 384 g/mol. The van der Waals surface area contributed by atoms with E-state index in [2.05, 4.69) is 48.5 Å². The molecular weight excluding hydrogens is 356 g/mol. The third-order valence-corrected chi connectivity index (χ3v) is 5.50. The average Bonchev–Trinajstić information content (AvgIpc) is 2.72. The van der Waals surface area contributed by atoms with E-state index < -0.39 is 0 Å². The van der Waals surface area contributed by atoms with Crippen molar-refractivity contribution in [2.45, 2.75) is 25.4 Å². The van der Waals surface area contributed by atoms with Crippen LogP contribution < -0.4 is 19.5 Å². The van der Waals surface area contributed by atoms with Gasteiger partial charge in [0.15, 0.2) is 11.5 Å². The lowest BCUT2D eigenvalue weighted by atomic mass is 9.89. The van der Waals surface area contributed by atoms with Crippen LogP contribution in [0.2, 0.25) is 0 Å². The van der Waals surface area contributed by atoms with Crippen molar-refractivity contribution in [3.63, 3.8) is 0 Å². The first kappa shape index (κ1) is 20.0. The van der Waals surface area contributed by atoms with Crippen LogP contribution in [-0.2, 0) is 6.42 Å². The number of rotatable bonds is 6. The van der Waals surface area contributed by atoms with E-state index in [4.69, 9.17) is 14.2 Å². The number of likely N-dealkylation sites (N-methyl/N-ethyl adjacent to an activating group) is 1. The number of nitrogens with one attached hydrogen (secondary N) is 1. The smallest absolute Gasteiger partial charge is 0.251 e. The van der Waals surface area contributed by atoms with Crippen LogP contribution in [0.15, 0.2) is 36.4 Å². The topological polar surface area (TPSA) is 60.0 Å². The summed E-state index contributed by atoms with van der Waals surface area (Å²) >= 11 is 0. The normalized spacial score (nSPS) is 18.9. The molecule has 2 aromatic carbocycles. The Labute approximate surface area is 166 Å². The molecule has 3 rings (SSSR count). The van der Waals surface area contributed by atoms with Crippen LogP contribution in [0.4, 0.5) is 0 Å². The molecule has 1 amide bonds. The highest BCUT2D eigenvalue weighted by Crippen LogP contribution is 2.38. The molecule has 6 nitrogen and oxygen atoms in total. The number of hydrogen-bond donors (Lipinski definition) is 1. The first-order chi connectivity index (χ1) is 13.5. The molecule has 0 aromatic heterocycles. The molecule has 1 N–H and O–H groups in total. The van der Waals surface area contributed by atoms with E-state index >= 15 is 0 Å². The number of amides is 1. The minimum absolute atomic E-state index is 0.130. The van der Waals surface area contributed by atoms with Gasteiger partial charge in [0.2, 0.25) is 5.75 Å². The molecule has 0 spiro atoms. The Balaban J connectivity index is 1.81. The van der Waals surface area contributed by atoms with Crippen molar-refractivity contribution in [3.8, 4) is 17.2 Å². The summed E-state index contributed by atoms with van der Waals surface area (Å²) in [5, 5.41) is 3.07. The second kappa shape index (κ2) is 8.52. The van der Waals surface area contributed by atoms with Gasteiger partial charge < -0.3 is 19.5 Å². The average molecular weight is 384 g/mol. The number of carbonyl (C=O) groups is 1. The SMILES string of the molecule is COc1cc(C(=O)NCC2c3ccccc3CC(C)N2C)cc(OC)c1OC. The molecule has 0 aliphatic carbocycles. The number of ether oxygens (including phenoxy) is 3. The second-order valence-corrected chi connectivity index (χ2v) is 7.06. The van der Waals surface area contributed by atoms with Crippen molar-refractivity contribution < 1.29 is 19.0 Å². The number of methoxy groups -OCH3 is 3. The van der Waals surface area contributed by atoms with E-state index in [1.54, 1.807) is 12.1 Å². The molecule has 0 fully saturated rings. The summed E-state index contributed by atoms with van der Waals surface area (Å²) in [7, 11) is 6.72. The van der Waals surface area contributed by atoms with Gasteiger partial charge in [0.25, 0.3) is 5.91 Å². The van der Waals surface area contributed by atoms with Crippen LogP contribution in [0.1, 0.15) is 34.5 Å². The summed E-state index contributed by atoms with van der Waals surface area (Å²) in [6.07, 6.45) is 1.02. The zero-order valence-corrected chi connectivity index (χ0v) is 17.1. The molecule has 0 bridgehead atoms. The van der Waals surface area contributed by atoms with Crippen LogP contribution in [-0.4, -0.2) is 51.8 Å². The lowest BCUT2D eigenvalue weighted by molar-refractivity contribution is 0.0922. The van der Waals surface area contributed by atoms with E-state index in [1.165, 1.54) is 32.5 Å². The predicted molar refractivity (Wildman–Crippen MR) is 109 cm³/mol. The number of fused-ring (bicyclic) bond motifs is 1. The van der Waals surface area contributed by atoms with Crippen molar-refractivity contribution in [2.75, 3.05) is 34.9 Å². The Bertz CT molecular complexity index is 827. The van der Waals surface area contributed by atoms with Gasteiger partial charge in [-0.1, -0.05) is 24.3 Å². The quantitative estimate of drug-likeness (QED) is 0.830. The zero-order chi connectivity index (χ0) is 20.3. The molecule has 1 aliphatic heterocycles. The highest BCUT2D eigenvalue weighted by atomic mass is 16.5. The van der Waals surface area contributed by atoms with Crippen molar-refractivity contribution in [2.24, 2.45) is 0 Å². The highest BCUT2D eigenvalue weighted by Gasteiger charge is 2.29. The van der Waals surface area contributed by atoms with Crippen molar-refractivity contribution in [3.05, 3.63) is 53.1 Å². The van der Waals surface area contributed by atoms with Gasteiger partial charge in [0.1, 0.15) is 0 Å². The van der Waals surface area contributed by atoms with Crippen LogP contribution >= 0.6 is 0 Å². The Morgan fingerprint density at radius 1 is 1.11 bits per heavy atom. The molecule has 2 atom stereocenters. The van der Waals surface area contributed by atoms with Gasteiger partial charge in [-0.3, -0.25) is 9.69 Å². The fourth-order valence-electron chi connectivity index (χ4n) is 3.79. The largest absolute Gasteiger partial charge is 0.493 e. The zero-order valence-electron chi connectivity index (χ0n) is 17.1. The third kappa shape index (κ3) is 3.78. The molecule has 2 aromatic rings. The third-order valence-electron chi connectivity index (χ3n) is 5.50. The second-order valence-electron chi connectivity index (χ2n) is 7.06. The molecule has 1 heterocycles. The molecule has 0 saturated heterocycles. The number of benzene rings is 2. The van der Waals surface area contributed by atoms with Crippen LogP contribution in [0.5, 0.6) is 17.2 Å². The molecule has 2 unspecified atom stereocenters. The van der Waals surface area contributed by atoms with E-state index in [-0.39, 0.29) is 11.9 Å². The number of nitrogens with zero attached hydrogens (tertiary/aromatic N) is 1. The minimum Gasteiger partial charge on any atom is -0.493 e. The molecule has 150 valence electrons.